The topological polar surface area (TPSA) is 147 Å². The molecular formula is C37H44F2N8O6. The molecule has 16 heteroatoms. The van der Waals surface area contributed by atoms with Gasteiger partial charge in [0.15, 0.2) is 5.82 Å². The predicted octanol–water partition coefficient (Wildman–Crippen LogP) is 3.99. The highest BCUT2D eigenvalue weighted by molar-refractivity contribution is 6.09. The highest BCUT2D eigenvalue weighted by atomic mass is 19.1. The van der Waals surface area contributed by atoms with Crippen molar-refractivity contribution < 1.29 is 32.6 Å². The first-order chi connectivity index (χ1) is 25.7. The molecule has 282 valence electrons. The van der Waals surface area contributed by atoms with Crippen LogP contribution < -0.4 is 25.4 Å². The first kappa shape index (κ1) is 35.4. The standard InChI is InChI=1S/C37H44F2N8O6/c1-44-30-19-31(27(38)18-26(30)35(43-44)47-13-6-33(48)42-37(47)50)46-11-4-23(5-12-46)45-9-2-22(3-10-45)20-52-25-16-28(39)34-29(17-25)40-32(41-36(34)49)21-53-24-7-14-51-15-8-24/h16-19,22-24H,2-15,20-21H2,1H3,(H,40,41,49)(H,42,48,50). The van der Waals surface area contributed by atoms with Gasteiger partial charge in [0.2, 0.25) is 5.91 Å². The number of aromatic nitrogens is 4. The lowest BCUT2D eigenvalue weighted by atomic mass is 9.94. The number of hydrogen-bond donors (Lipinski definition) is 2. The molecule has 0 atom stereocenters. The molecule has 14 nitrogen and oxygen atoms in total. The molecule has 4 aliphatic heterocycles. The largest absolute Gasteiger partial charge is 0.493 e. The van der Waals surface area contributed by atoms with E-state index >= 15 is 8.78 Å². The minimum atomic E-state index is -0.667. The molecule has 0 aliphatic carbocycles. The lowest BCUT2D eigenvalue weighted by molar-refractivity contribution is -0.120. The van der Waals surface area contributed by atoms with Gasteiger partial charge in [-0.2, -0.15) is 5.10 Å². The van der Waals surface area contributed by atoms with E-state index in [0.717, 1.165) is 51.6 Å². The second kappa shape index (κ2) is 15.0. The Morgan fingerprint density at radius 2 is 1.70 bits per heavy atom. The highest BCUT2D eigenvalue weighted by Crippen LogP contribution is 2.35. The normalized spacial score (nSPS) is 20.1. The van der Waals surface area contributed by atoms with Gasteiger partial charge in [-0.3, -0.25) is 24.5 Å². The number of ether oxygens (including phenoxy) is 3. The number of aromatic amines is 1. The Hall–Kier alpha value is -4.67. The summed E-state index contributed by atoms with van der Waals surface area (Å²) in [7, 11) is 1.77. The average molecular weight is 735 g/mol. The number of anilines is 2. The van der Waals surface area contributed by atoms with Crippen molar-refractivity contribution in [2.45, 2.75) is 63.7 Å². The van der Waals surface area contributed by atoms with Crippen LogP contribution in [-0.2, 0) is 27.9 Å². The number of fused-ring (bicyclic) bond motifs is 2. The first-order valence-corrected chi connectivity index (χ1v) is 18.5. The molecule has 0 unspecified atom stereocenters. The van der Waals surface area contributed by atoms with Crippen molar-refractivity contribution in [3.8, 4) is 5.75 Å². The number of carbonyl (C=O) groups is 2. The van der Waals surface area contributed by atoms with Crippen LogP contribution in [0.3, 0.4) is 0 Å². The van der Waals surface area contributed by atoms with Crippen molar-refractivity contribution in [2.75, 3.05) is 62.3 Å². The van der Waals surface area contributed by atoms with Crippen molar-refractivity contribution in [1.29, 1.82) is 0 Å². The van der Waals surface area contributed by atoms with Gasteiger partial charge < -0.3 is 29.0 Å². The number of halogens is 2. The summed E-state index contributed by atoms with van der Waals surface area (Å²) < 4.78 is 49.6. The Morgan fingerprint density at radius 1 is 0.925 bits per heavy atom. The Morgan fingerprint density at radius 3 is 2.45 bits per heavy atom. The van der Waals surface area contributed by atoms with E-state index in [1.54, 1.807) is 23.9 Å². The summed E-state index contributed by atoms with van der Waals surface area (Å²) in [5.74, 6) is -0.0284. The number of carbonyl (C=O) groups excluding carboxylic acids is 2. The number of piperidine rings is 2. The number of hydrogen-bond acceptors (Lipinski definition) is 10. The Bertz CT molecular complexity index is 2070. The minimum Gasteiger partial charge on any atom is -0.493 e. The summed E-state index contributed by atoms with van der Waals surface area (Å²) in [5.41, 5.74) is 0.931. The van der Waals surface area contributed by atoms with E-state index < -0.39 is 17.4 Å². The number of benzene rings is 2. The summed E-state index contributed by atoms with van der Waals surface area (Å²) in [5, 5.41) is 7.23. The minimum absolute atomic E-state index is 0.0391. The number of amides is 3. The lowest BCUT2D eigenvalue weighted by Crippen LogP contribution is -2.49. The Kier molecular flexibility index (Phi) is 10.0. The van der Waals surface area contributed by atoms with Gasteiger partial charge >= 0.3 is 6.03 Å². The van der Waals surface area contributed by atoms with Crippen LogP contribution >= 0.6 is 0 Å². The van der Waals surface area contributed by atoms with Gasteiger partial charge in [-0.25, -0.2) is 18.6 Å². The van der Waals surface area contributed by atoms with Crippen LogP contribution in [0.25, 0.3) is 21.8 Å². The molecule has 8 rings (SSSR count). The van der Waals surface area contributed by atoms with Crippen LogP contribution in [0.2, 0.25) is 0 Å². The molecule has 4 saturated heterocycles. The predicted molar refractivity (Wildman–Crippen MR) is 192 cm³/mol. The quantitative estimate of drug-likeness (QED) is 0.259. The highest BCUT2D eigenvalue weighted by Gasteiger charge is 2.32. The number of urea groups is 1. The summed E-state index contributed by atoms with van der Waals surface area (Å²) in [6.07, 6.45) is 5.46. The SMILES string of the molecule is Cn1nc(N2CCC(=O)NC2=O)c2cc(F)c(N3CCC(N4CCC(COc5cc(F)c6c(=O)[nH]c(COC7CCOCC7)nc6c5)CC4)CC3)cc21. The van der Waals surface area contributed by atoms with Crippen molar-refractivity contribution >= 4 is 45.2 Å². The van der Waals surface area contributed by atoms with E-state index in [4.69, 9.17) is 14.2 Å². The second-order valence-corrected chi connectivity index (χ2v) is 14.5. The molecule has 0 bridgehead atoms. The van der Waals surface area contributed by atoms with Gasteiger partial charge in [0.1, 0.15) is 35.2 Å². The number of nitrogens with zero attached hydrogens (tertiary/aromatic N) is 6. The zero-order valence-corrected chi connectivity index (χ0v) is 29.7. The number of rotatable bonds is 9. The fraction of sp³-hybridized carbons (Fsp3) is 0.541. The van der Waals surface area contributed by atoms with E-state index in [2.05, 4.69) is 30.2 Å². The third-order valence-corrected chi connectivity index (χ3v) is 11.1. The molecule has 0 radical (unpaired) electrons. The molecule has 2 aromatic heterocycles. The molecule has 2 aromatic carbocycles. The van der Waals surface area contributed by atoms with Gasteiger partial charge in [-0.05, 0) is 69.7 Å². The summed E-state index contributed by atoms with van der Waals surface area (Å²) in [6, 6.07) is 5.97. The van der Waals surface area contributed by atoms with E-state index in [0.29, 0.717) is 78.9 Å². The maximum Gasteiger partial charge on any atom is 0.329 e. The average Bonchev–Trinajstić information content (AvgIpc) is 3.47. The number of nitrogens with one attached hydrogen (secondary N) is 2. The van der Waals surface area contributed by atoms with Crippen LogP contribution in [0.5, 0.6) is 5.75 Å². The van der Waals surface area contributed by atoms with E-state index in [9.17, 15) is 14.4 Å². The third kappa shape index (κ3) is 7.44. The summed E-state index contributed by atoms with van der Waals surface area (Å²) in [6.45, 7) is 5.32. The fourth-order valence-corrected chi connectivity index (χ4v) is 8.07. The monoisotopic (exact) mass is 734 g/mol. The summed E-state index contributed by atoms with van der Waals surface area (Å²) >= 11 is 0. The second-order valence-electron chi connectivity index (χ2n) is 14.5. The molecular weight excluding hydrogens is 690 g/mol. The molecule has 53 heavy (non-hydrogen) atoms. The zero-order valence-electron chi connectivity index (χ0n) is 29.7. The molecule has 2 N–H and O–H groups in total. The van der Waals surface area contributed by atoms with E-state index in [-0.39, 0.29) is 48.3 Å². The smallest absolute Gasteiger partial charge is 0.329 e. The van der Waals surface area contributed by atoms with Crippen molar-refractivity contribution in [1.82, 2.24) is 30.0 Å². The van der Waals surface area contributed by atoms with Crippen LogP contribution in [0, 0.1) is 17.6 Å². The van der Waals surface area contributed by atoms with Gasteiger partial charge in [0.05, 0.1) is 29.4 Å². The van der Waals surface area contributed by atoms with Crippen molar-refractivity contribution in [2.24, 2.45) is 13.0 Å². The molecule has 4 aliphatic rings. The molecule has 4 fully saturated rings. The third-order valence-electron chi connectivity index (χ3n) is 11.1. The molecule has 6 heterocycles. The maximum absolute atomic E-state index is 15.6. The molecule has 0 saturated carbocycles. The number of H-pyrrole nitrogens is 1. The van der Waals surface area contributed by atoms with E-state index in [1.807, 2.05) is 0 Å². The lowest BCUT2D eigenvalue weighted by Gasteiger charge is -2.42. The zero-order chi connectivity index (χ0) is 36.6. The number of likely N-dealkylation sites (tertiary alicyclic amines) is 1. The Balaban J connectivity index is 0.837. The van der Waals surface area contributed by atoms with Crippen LogP contribution in [0.15, 0.2) is 29.1 Å². The Labute approximate surface area is 304 Å². The van der Waals surface area contributed by atoms with Gasteiger partial charge in [-0.15, -0.1) is 0 Å². The molecule has 0 spiro atoms. The van der Waals surface area contributed by atoms with Crippen molar-refractivity contribution in [3.05, 3.63) is 52.1 Å². The number of aryl methyl sites for hydroxylation is 1. The molecule has 3 amide bonds. The fourth-order valence-electron chi connectivity index (χ4n) is 8.07. The maximum atomic E-state index is 15.6. The first-order valence-electron chi connectivity index (χ1n) is 18.5. The van der Waals surface area contributed by atoms with Crippen LogP contribution in [0.4, 0.5) is 25.1 Å². The van der Waals surface area contributed by atoms with Crippen LogP contribution in [-0.4, -0.2) is 101 Å². The molecule has 4 aromatic rings. The van der Waals surface area contributed by atoms with Crippen LogP contribution in [0.1, 0.15) is 50.8 Å². The van der Waals surface area contributed by atoms with Gasteiger partial charge in [-0.1, -0.05) is 0 Å². The number of imide groups is 1. The summed E-state index contributed by atoms with van der Waals surface area (Å²) in [4.78, 5) is 49.9. The van der Waals surface area contributed by atoms with Gasteiger partial charge in [0.25, 0.3) is 5.56 Å². The van der Waals surface area contributed by atoms with Gasteiger partial charge in [0, 0.05) is 69.9 Å². The van der Waals surface area contributed by atoms with Crippen molar-refractivity contribution in [3.63, 3.8) is 0 Å². The van der Waals surface area contributed by atoms with E-state index in [1.165, 1.54) is 17.0 Å².